The van der Waals surface area contributed by atoms with Gasteiger partial charge in [-0.3, -0.25) is 0 Å². The maximum Gasteiger partial charge on any atom is 0.331 e. The molecule has 0 saturated heterocycles. The van der Waals surface area contributed by atoms with Crippen molar-refractivity contribution in [3.05, 3.63) is 23.3 Å². The summed E-state index contributed by atoms with van der Waals surface area (Å²) >= 11 is 0. The van der Waals surface area contributed by atoms with Gasteiger partial charge in [-0.25, -0.2) is 9.59 Å². The first-order valence-electron chi connectivity index (χ1n) is 3.51. The Morgan fingerprint density at radius 3 is 1.75 bits per heavy atom. The van der Waals surface area contributed by atoms with Crippen molar-refractivity contribution >= 4 is 11.9 Å². The Labute approximate surface area is 68.5 Å². The fraction of sp³-hybridized carbons (Fsp3) is 0.250. The molecule has 0 aromatic rings. The Kier molecular flexibility index (Phi) is 1.46. The largest absolute Gasteiger partial charge is 0.458 e. The van der Waals surface area contributed by atoms with Crippen molar-refractivity contribution in [3.8, 4) is 0 Å². The Morgan fingerprint density at radius 2 is 1.33 bits per heavy atom. The van der Waals surface area contributed by atoms with Gasteiger partial charge >= 0.3 is 11.9 Å². The summed E-state index contributed by atoms with van der Waals surface area (Å²) in [6, 6.07) is 0. The van der Waals surface area contributed by atoms with Crippen molar-refractivity contribution in [2.24, 2.45) is 0 Å². The second-order valence-electron chi connectivity index (χ2n) is 2.55. The minimum absolute atomic E-state index is 0.180. The zero-order valence-electron chi connectivity index (χ0n) is 6.20. The Hall–Kier alpha value is -1.58. The van der Waals surface area contributed by atoms with Gasteiger partial charge in [-0.1, -0.05) is 0 Å². The zero-order valence-corrected chi connectivity index (χ0v) is 6.20. The molecule has 0 saturated carbocycles. The molecule has 2 aliphatic heterocycles. The number of fused-ring (bicyclic) bond motifs is 1. The van der Waals surface area contributed by atoms with Crippen molar-refractivity contribution in [3.63, 3.8) is 0 Å². The predicted octanol–water partition coefficient (Wildman–Crippen LogP) is -0.0472. The number of ether oxygens (including phenoxy) is 2. The molecule has 0 aromatic carbocycles. The quantitative estimate of drug-likeness (QED) is 0.473. The van der Waals surface area contributed by atoms with Gasteiger partial charge in [0.15, 0.2) is 0 Å². The van der Waals surface area contributed by atoms with Crippen LogP contribution in [0, 0.1) is 0 Å². The van der Waals surface area contributed by atoms with E-state index in [2.05, 4.69) is 0 Å². The fourth-order valence-electron chi connectivity index (χ4n) is 1.12. The molecular formula is C8H6O4. The molecular weight excluding hydrogens is 160 g/mol. The highest BCUT2D eigenvalue weighted by Crippen LogP contribution is 2.19. The minimum Gasteiger partial charge on any atom is -0.458 e. The highest BCUT2D eigenvalue weighted by molar-refractivity contribution is 5.90. The number of carbonyl (C=O) groups excluding carboxylic acids is 2. The maximum atomic E-state index is 10.7. The van der Waals surface area contributed by atoms with E-state index in [1.807, 2.05) is 0 Å². The van der Waals surface area contributed by atoms with Gasteiger partial charge in [0.2, 0.25) is 0 Å². The van der Waals surface area contributed by atoms with E-state index in [9.17, 15) is 9.59 Å². The first kappa shape index (κ1) is 7.09. The lowest BCUT2D eigenvalue weighted by Gasteiger charge is -2.19. The summed E-state index contributed by atoms with van der Waals surface area (Å²) in [6.45, 7) is 0.361. The van der Waals surface area contributed by atoms with Crippen LogP contribution in [0.25, 0.3) is 0 Å². The molecule has 0 bridgehead atoms. The van der Waals surface area contributed by atoms with Crippen LogP contribution in [0.3, 0.4) is 0 Å². The van der Waals surface area contributed by atoms with Crippen LogP contribution in [0.2, 0.25) is 0 Å². The van der Waals surface area contributed by atoms with Crippen molar-refractivity contribution in [1.29, 1.82) is 0 Å². The number of carbonyl (C=O) groups is 2. The van der Waals surface area contributed by atoms with Crippen LogP contribution in [-0.2, 0) is 19.1 Å². The third-order valence-electron chi connectivity index (χ3n) is 1.74. The normalized spacial score (nSPS) is 21.7. The standard InChI is InChI=1S/C8H6O4/c9-7-1-5-3-12-8(10)2-6(5)4-11-7/h1-2H,3-4H2. The van der Waals surface area contributed by atoms with E-state index >= 15 is 0 Å². The molecule has 12 heavy (non-hydrogen) atoms. The maximum absolute atomic E-state index is 10.7. The molecule has 0 atom stereocenters. The molecule has 2 heterocycles. The number of cyclic esters (lactones) is 2. The second-order valence-corrected chi connectivity index (χ2v) is 2.55. The van der Waals surface area contributed by atoms with Crippen LogP contribution in [0.15, 0.2) is 23.3 Å². The molecule has 0 aromatic heterocycles. The van der Waals surface area contributed by atoms with E-state index < -0.39 is 0 Å². The third-order valence-corrected chi connectivity index (χ3v) is 1.74. The summed E-state index contributed by atoms with van der Waals surface area (Å²) in [5.74, 6) is -0.750. The molecule has 4 nitrogen and oxygen atoms in total. The van der Waals surface area contributed by atoms with Crippen LogP contribution >= 0.6 is 0 Å². The lowest BCUT2D eigenvalue weighted by atomic mass is 10.0. The Balaban J connectivity index is 2.37. The molecule has 0 unspecified atom stereocenters. The lowest BCUT2D eigenvalue weighted by Crippen LogP contribution is -2.22. The Bertz CT molecular complexity index is 279. The van der Waals surface area contributed by atoms with E-state index in [4.69, 9.17) is 9.47 Å². The van der Waals surface area contributed by atoms with Crippen LogP contribution < -0.4 is 0 Å². The SMILES string of the molecule is O=C1C=C2COC(=O)C=C2CO1. The van der Waals surface area contributed by atoms with E-state index in [0.717, 1.165) is 11.1 Å². The summed E-state index contributed by atoms with van der Waals surface area (Å²) < 4.78 is 9.41. The first-order chi connectivity index (χ1) is 5.75. The number of rotatable bonds is 0. The third kappa shape index (κ3) is 1.11. The van der Waals surface area contributed by atoms with E-state index in [1.54, 1.807) is 0 Å². The van der Waals surface area contributed by atoms with Crippen molar-refractivity contribution in [2.75, 3.05) is 13.2 Å². The number of esters is 2. The molecule has 2 aliphatic rings. The highest BCUT2D eigenvalue weighted by atomic mass is 16.5. The van der Waals surface area contributed by atoms with Gasteiger partial charge in [0.25, 0.3) is 0 Å². The van der Waals surface area contributed by atoms with Crippen LogP contribution in [0.1, 0.15) is 0 Å². The smallest absolute Gasteiger partial charge is 0.331 e. The predicted molar refractivity (Wildman–Crippen MR) is 38.1 cm³/mol. The molecule has 0 N–H and O–H groups in total. The van der Waals surface area contributed by atoms with Crippen LogP contribution in [-0.4, -0.2) is 25.2 Å². The number of hydrogen-bond donors (Lipinski definition) is 0. The van der Waals surface area contributed by atoms with Gasteiger partial charge < -0.3 is 9.47 Å². The van der Waals surface area contributed by atoms with Gasteiger partial charge in [-0.15, -0.1) is 0 Å². The topological polar surface area (TPSA) is 52.6 Å². The summed E-state index contributed by atoms with van der Waals surface area (Å²) in [7, 11) is 0. The average molecular weight is 166 g/mol. The minimum atomic E-state index is -0.375. The molecule has 0 amide bonds. The first-order valence-corrected chi connectivity index (χ1v) is 3.51. The Morgan fingerprint density at radius 1 is 0.917 bits per heavy atom. The van der Waals surface area contributed by atoms with E-state index in [1.165, 1.54) is 12.2 Å². The van der Waals surface area contributed by atoms with E-state index in [-0.39, 0.29) is 25.2 Å². The molecule has 4 heteroatoms. The van der Waals surface area contributed by atoms with Crippen molar-refractivity contribution < 1.29 is 19.1 Å². The summed E-state index contributed by atoms with van der Waals surface area (Å²) in [5, 5.41) is 0. The van der Waals surface area contributed by atoms with Crippen molar-refractivity contribution in [2.45, 2.75) is 0 Å². The monoisotopic (exact) mass is 166 g/mol. The average Bonchev–Trinajstić information content (AvgIpc) is 2.05. The molecule has 0 aliphatic carbocycles. The van der Waals surface area contributed by atoms with Gasteiger partial charge in [-0.05, 0) is 0 Å². The van der Waals surface area contributed by atoms with Gasteiger partial charge in [-0.2, -0.15) is 0 Å². The van der Waals surface area contributed by atoms with Gasteiger partial charge in [0.05, 0.1) is 0 Å². The molecule has 0 radical (unpaired) electrons. The van der Waals surface area contributed by atoms with Crippen molar-refractivity contribution in [1.82, 2.24) is 0 Å². The van der Waals surface area contributed by atoms with E-state index in [0.29, 0.717) is 0 Å². The van der Waals surface area contributed by atoms with Crippen LogP contribution in [0.4, 0.5) is 0 Å². The number of hydrogen-bond acceptors (Lipinski definition) is 4. The second kappa shape index (κ2) is 2.48. The summed E-state index contributed by atoms with van der Waals surface area (Å²) in [5.41, 5.74) is 1.48. The van der Waals surface area contributed by atoms with Crippen LogP contribution in [0.5, 0.6) is 0 Å². The molecule has 0 spiro atoms. The summed E-state index contributed by atoms with van der Waals surface area (Å²) in [4.78, 5) is 21.5. The van der Waals surface area contributed by atoms with Gasteiger partial charge in [0, 0.05) is 23.3 Å². The van der Waals surface area contributed by atoms with Gasteiger partial charge in [0.1, 0.15) is 13.2 Å². The molecule has 62 valence electrons. The lowest BCUT2D eigenvalue weighted by molar-refractivity contribution is -0.141. The fourth-order valence-corrected chi connectivity index (χ4v) is 1.12. The zero-order chi connectivity index (χ0) is 8.55. The molecule has 0 fully saturated rings. The highest BCUT2D eigenvalue weighted by Gasteiger charge is 2.21. The molecule has 2 rings (SSSR count). The summed E-state index contributed by atoms with van der Waals surface area (Å²) in [6.07, 6.45) is 2.70.